The summed E-state index contributed by atoms with van der Waals surface area (Å²) in [6.45, 7) is 10.6. The maximum atomic E-state index is 12.6. The Kier molecular flexibility index (Phi) is 3.92. The average Bonchev–Trinajstić information content (AvgIpc) is 2.11. The van der Waals surface area contributed by atoms with Gasteiger partial charge in [0.05, 0.1) is 0 Å². The molecule has 1 saturated carbocycles. The van der Waals surface area contributed by atoms with Crippen molar-refractivity contribution in [2.45, 2.75) is 66.0 Å². The first-order valence-electron chi connectivity index (χ1n) is 6.60. The zero-order chi connectivity index (χ0) is 13.4. The van der Waals surface area contributed by atoms with Gasteiger partial charge in [-0.25, -0.2) is 0 Å². The van der Waals surface area contributed by atoms with Gasteiger partial charge in [0.25, 0.3) is 0 Å². The molecule has 2 N–H and O–H groups in total. The quantitative estimate of drug-likeness (QED) is 0.805. The van der Waals surface area contributed by atoms with Gasteiger partial charge in [0, 0.05) is 24.5 Å². The van der Waals surface area contributed by atoms with Gasteiger partial charge in [-0.2, -0.15) is 0 Å². The fourth-order valence-corrected chi connectivity index (χ4v) is 3.38. The zero-order valence-electron chi connectivity index (χ0n) is 12.2. The Bertz CT molecular complexity index is 299. The molecular formula is C14H28N2O. The molecule has 100 valence electrons. The van der Waals surface area contributed by atoms with Gasteiger partial charge in [-0.15, -0.1) is 0 Å². The molecule has 1 rings (SSSR count). The summed E-state index contributed by atoms with van der Waals surface area (Å²) < 4.78 is 0. The summed E-state index contributed by atoms with van der Waals surface area (Å²) in [5, 5.41) is 0. The molecule has 0 radical (unpaired) electrons. The second kappa shape index (κ2) is 4.60. The zero-order valence-corrected chi connectivity index (χ0v) is 12.2. The van der Waals surface area contributed by atoms with Crippen molar-refractivity contribution in [1.82, 2.24) is 4.90 Å². The fraction of sp³-hybridized carbons (Fsp3) is 0.929. The minimum absolute atomic E-state index is 0.147. The third-order valence-corrected chi connectivity index (χ3v) is 4.01. The summed E-state index contributed by atoms with van der Waals surface area (Å²) >= 11 is 0. The van der Waals surface area contributed by atoms with E-state index < -0.39 is 0 Å². The van der Waals surface area contributed by atoms with Crippen molar-refractivity contribution in [3.05, 3.63) is 0 Å². The molecule has 2 atom stereocenters. The lowest BCUT2D eigenvalue weighted by Crippen LogP contribution is -2.51. The van der Waals surface area contributed by atoms with Crippen LogP contribution in [-0.4, -0.2) is 29.9 Å². The predicted octanol–water partition coefficient (Wildman–Crippen LogP) is 2.40. The number of hydrogen-bond donors (Lipinski definition) is 1. The second-order valence-electron chi connectivity index (χ2n) is 7.08. The Hall–Kier alpha value is -0.570. The van der Waals surface area contributed by atoms with E-state index in [-0.39, 0.29) is 28.8 Å². The highest BCUT2D eigenvalue weighted by atomic mass is 16.2. The molecule has 0 aromatic heterocycles. The number of carbonyl (C=O) groups excluding carboxylic acids is 1. The van der Waals surface area contributed by atoms with Crippen LogP contribution in [0.3, 0.4) is 0 Å². The van der Waals surface area contributed by atoms with Crippen LogP contribution in [0.1, 0.15) is 53.9 Å². The fourth-order valence-electron chi connectivity index (χ4n) is 3.38. The van der Waals surface area contributed by atoms with Gasteiger partial charge in [0.2, 0.25) is 5.91 Å². The first-order chi connectivity index (χ1) is 7.57. The Morgan fingerprint density at radius 2 is 1.82 bits per heavy atom. The normalized spacial score (nSPS) is 32.6. The summed E-state index contributed by atoms with van der Waals surface area (Å²) in [5.74, 6) is 0.246. The standard InChI is InChI=1S/C14H28N2O/c1-10(2)16(6)12(17)14(5)8-11(15)7-13(3,4)9-14/h10-11H,7-9,15H2,1-6H3. The van der Waals surface area contributed by atoms with Crippen LogP contribution in [0.15, 0.2) is 0 Å². The van der Waals surface area contributed by atoms with Crippen LogP contribution in [-0.2, 0) is 4.79 Å². The van der Waals surface area contributed by atoms with E-state index in [2.05, 4.69) is 34.6 Å². The molecule has 0 aromatic carbocycles. The Labute approximate surface area is 106 Å². The lowest BCUT2D eigenvalue weighted by Gasteiger charge is -2.46. The number of rotatable bonds is 2. The summed E-state index contributed by atoms with van der Waals surface area (Å²) in [6, 6.07) is 0.397. The first-order valence-corrected chi connectivity index (χ1v) is 6.60. The number of nitrogens with zero attached hydrogens (tertiary/aromatic N) is 1. The summed E-state index contributed by atoms with van der Waals surface area (Å²) in [4.78, 5) is 14.4. The van der Waals surface area contributed by atoms with E-state index in [0.717, 1.165) is 19.3 Å². The van der Waals surface area contributed by atoms with Gasteiger partial charge in [0.1, 0.15) is 0 Å². The molecule has 2 unspecified atom stereocenters. The Morgan fingerprint density at radius 3 is 2.24 bits per heavy atom. The molecule has 0 aliphatic heterocycles. The molecule has 1 aliphatic rings. The monoisotopic (exact) mass is 240 g/mol. The van der Waals surface area contributed by atoms with E-state index in [1.54, 1.807) is 0 Å². The minimum Gasteiger partial charge on any atom is -0.343 e. The highest BCUT2D eigenvalue weighted by molar-refractivity contribution is 5.82. The maximum absolute atomic E-state index is 12.6. The molecule has 0 saturated heterocycles. The summed E-state index contributed by atoms with van der Waals surface area (Å²) in [6.07, 6.45) is 2.76. The van der Waals surface area contributed by atoms with E-state index >= 15 is 0 Å². The van der Waals surface area contributed by atoms with Gasteiger partial charge >= 0.3 is 0 Å². The van der Waals surface area contributed by atoms with E-state index in [0.29, 0.717) is 0 Å². The maximum Gasteiger partial charge on any atom is 0.228 e. The van der Waals surface area contributed by atoms with Crippen LogP contribution in [0, 0.1) is 10.8 Å². The molecule has 0 spiro atoms. The molecule has 0 aromatic rings. The van der Waals surface area contributed by atoms with Gasteiger partial charge in [-0.3, -0.25) is 4.79 Å². The molecule has 17 heavy (non-hydrogen) atoms. The molecule has 3 nitrogen and oxygen atoms in total. The average molecular weight is 240 g/mol. The largest absolute Gasteiger partial charge is 0.343 e. The lowest BCUT2D eigenvalue weighted by atomic mass is 9.62. The van der Waals surface area contributed by atoms with Crippen LogP contribution in [0.5, 0.6) is 0 Å². The summed E-state index contributed by atoms with van der Waals surface area (Å²) in [5.41, 5.74) is 6.00. The van der Waals surface area contributed by atoms with Crippen LogP contribution in [0.2, 0.25) is 0 Å². The lowest BCUT2D eigenvalue weighted by molar-refractivity contribution is -0.146. The van der Waals surface area contributed by atoms with E-state index in [1.807, 2.05) is 11.9 Å². The van der Waals surface area contributed by atoms with Crippen molar-refractivity contribution in [3.63, 3.8) is 0 Å². The number of hydrogen-bond acceptors (Lipinski definition) is 2. The molecule has 0 bridgehead atoms. The van der Waals surface area contributed by atoms with Crippen molar-refractivity contribution >= 4 is 5.91 Å². The van der Waals surface area contributed by atoms with Crippen LogP contribution >= 0.6 is 0 Å². The van der Waals surface area contributed by atoms with Gasteiger partial charge < -0.3 is 10.6 Å². The second-order valence-corrected chi connectivity index (χ2v) is 7.08. The van der Waals surface area contributed by atoms with Crippen molar-refractivity contribution in [2.75, 3.05) is 7.05 Å². The van der Waals surface area contributed by atoms with E-state index in [1.165, 1.54) is 0 Å². The number of amides is 1. The number of nitrogens with two attached hydrogens (primary N) is 1. The van der Waals surface area contributed by atoms with Gasteiger partial charge in [-0.1, -0.05) is 20.8 Å². The molecule has 1 amide bonds. The van der Waals surface area contributed by atoms with Gasteiger partial charge in [-0.05, 0) is 38.5 Å². The Balaban J connectivity index is 2.90. The molecule has 3 heteroatoms. The SMILES string of the molecule is CC(C)N(C)C(=O)C1(C)CC(N)CC(C)(C)C1. The smallest absolute Gasteiger partial charge is 0.228 e. The van der Waals surface area contributed by atoms with Crippen molar-refractivity contribution < 1.29 is 4.79 Å². The van der Waals surface area contributed by atoms with Crippen LogP contribution in [0.4, 0.5) is 0 Å². The van der Waals surface area contributed by atoms with E-state index in [4.69, 9.17) is 5.73 Å². The molecule has 0 heterocycles. The molecule has 1 fully saturated rings. The van der Waals surface area contributed by atoms with Gasteiger partial charge in [0.15, 0.2) is 0 Å². The van der Waals surface area contributed by atoms with Crippen molar-refractivity contribution in [3.8, 4) is 0 Å². The van der Waals surface area contributed by atoms with Crippen LogP contribution in [0.25, 0.3) is 0 Å². The third-order valence-electron chi connectivity index (χ3n) is 4.01. The van der Waals surface area contributed by atoms with Crippen molar-refractivity contribution in [2.24, 2.45) is 16.6 Å². The van der Waals surface area contributed by atoms with Crippen molar-refractivity contribution in [1.29, 1.82) is 0 Å². The topological polar surface area (TPSA) is 46.3 Å². The molecular weight excluding hydrogens is 212 g/mol. The van der Waals surface area contributed by atoms with Crippen LogP contribution < -0.4 is 5.73 Å². The molecule has 1 aliphatic carbocycles. The number of carbonyl (C=O) groups is 1. The third kappa shape index (κ3) is 3.21. The highest BCUT2D eigenvalue weighted by Gasteiger charge is 2.46. The minimum atomic E-state index is -0.291. The summed E-state index contributed by atoms with van der Waals surface area (Å²) in [7, 11) is 1.89. The first kappa shape index (κ1) is 14.5. The highest BCUT2D eigenvalue weighted by Crippen LogP contribution is 2.46. The van der Waals surface area contributed by atoms with E-state index in [9.17, 15) is 4.79 Å². The Morgan fingerprint density at radius 1 is 1.29 bits per heavy atom. The predicted molar refractivity (Wildman–Crippen MR) is 71.6 cm³/mol.